The van der Waals surface area contributed by atoms with E-state index in [4.69, 9.17) is 4.52 Å². The number of rotatable bonds is 6. The molecule has 130 valence electrons. The van der Waals surface area contributed by atoms with Gasteiger partial charge in [-0.25, -0.2) is 13.8 Å². The van der Waals surface area contributed by atoms with E-state index in [0.29, 0.717) is 19.0 Å². The number of hydrogen-bond donors (Lipinski definition) is 2. The van der Waals surface area contributed by atoms with Crippen LogP contribution >= 0.6 is 0 Å². The van der Waals surface area contributed by atoms with Crippen molar-refractivity contribution in [3.8, 4) is 0 Å². The summed E-state index contributed by atoms with van der Waals surface area (Å²) in [5.41, 5.74) is 2.16. The summed E-state index contributed by atoms with van der Waals surface area (Å²) in [5, 5.41) is 10.2. The largest absolute Gasteiger partial charge is 0.361 e. The molecular formula is C17H22F2N4O. The van der Waals surface area contributed by atoms with Crippen LogP contribution in [0.3, 0.4) is 0 Å². The van der Waals surface area contributed by atoms with E-state index in [2.05, 4.69) is 20.8 Å². The predicted molar refractivity (Wildman–Crippen MR) is 88.9 cm³/mol. The molecule has 0 aliphatic carbocycles. The molecule has 24 heavy (non-hydrogen) atoms. The lowest BCUT2D eigenvalue weighted by Crippen LogP contribution is -2.38. The van der Waals surface area contributed by atoms with Gasteiger partial charge in [-0.1, -0.05) is 5.16 Å². The average molecular weight is 336 g/mol. The van der Waals surface area contributed by atoms with E-state index in [9.17, 15) is 8.78 Å². The molecule has 2 aromatic rings. The molecule has 0 amide bonds. The number of aryl methyl sites for hydroxylation is 2. The fourth-order valence-electron chi connectivity index (χ4n) is 2.34. The van der Waals surface area contributed by atoms with Gasteiger partial charge in [-0.05, 0) is 45.4 Å². The first-order valence-electron chi connectivity index (χ1n) is 7.89. The lowest BCUT2D eigenvalue weighted by Gasteiger charge is -2.11. The summed E-state index contributed by atoms with van der Waals surface area (Å²) in [4.78, 5) is 4.30. The number of nitrogens with zero attached hydrogens (tertiary/aromatic N) is 2. The van der Waals surface area contributed by atoms with Gasteiger partial charge in [-0.15, -0.1) is 0 Å². The third-order valence-electron chi connectivity index (χ3n) is 3.61. The molecule has 0 atom stereocenters. The van der Waals surface area contributed by atoms with E-state index >= 15 is 0 Å². The number of halogens is 2. The maximum Gasteiger partial charge on any atom is 0.191 e. The second-order valence-electron chi connectivity index (χ2n) is 5.41. The van der Waals surface area contributed by atoms with Gasteiger partial charge in [-0.2, -0.15) is 0 Å². The van der Waals surface area contributed by atoms with Crippen LogP contribution in [-0.2, 0) is 13.0 Å². The van der Waals surface area contributed by atoms with Gasteiger partial charge in [0, 0.05) is 24.2 Å². The fourth-order valence-corrected chi connectivity index (χ4v) is 2.34. The van der Waals surface area contributed by atoms with Gasteiger partial charge in [0.1, 0.15) is 17.4 Å². The Morgan fingerprint density at radius 3 is 2.71 bits per heavy atom. The van der Waals surface area contributed by atoms with Crippen LogP contribution in [0.5, 0.6) is 0 Å². The molecule has 0 aliphatic heterocycles. The van der Waals surface area contributed by atoms with Crippen molar-refractivity contribution < 1.29 is 13.3 Å². The van der Waals surface area contributed by atoms with Crippen LogP contribution in [0.15, 0.2) is 27.7 Å². The second kappa shape index (κ2) is 8.42. The zero-order chi connectivity index (χ0) is 17.5. The van der Waals surface area contributed by atoms with Crippen molar-refractivity contribution in [2.45, 2.75) is 33.7 Å². The molecule has 1 heterocycles. The first-order chi connectivity index (χ1) is 11.5. The first kappa shape index (κ1) is 17.9. The highest BCUT2D eigenvalue weighted by molar-refractivity contribution is 5.79. The van der Waals surface area contributed by atoms with Crippen molar-refractivity contribution in [2.24, 2.45) is 4.99 Å². The van der Waals surface area contributed by atoms with Gasteiger partial charge in [0.25, 0.3) is 0 Å². The molecule has 0 unspecified atom stereocenters. The highest BCUT2D eigenvalue weighted by Gasteiger charge is 2.09. The van der Waals surface area contributed by atoms with Gasteiger partial charge in [0.2, 0.25) is 0 Å². The second-order valence-corrected chi connectivity index (χ2v) is 5.41. The normalized spacial score (nSPS) is 11.6. The Hall–Kier alpha value is -2.44. The summed E-state index contributed by atoms with van der Waals surface area (Å²) in [5.74, 6) is 0.413. The maximum absolute atomic E-state index is 13.6. The van der Waals surface area contributed by atoms with E-state index in [1.54, 1.807) is 0 Å². The van der Waals surface area contributed by atoms with Crippen LogP contribution in [0.2, 0.25) is 0 Å². The minimum atomic E-state index is -0.474. The van der Waals surface area contributed by atoms with Crippen LogP contribution < -0.4 is 10.6 Å². The third-order valence-corrected chi connectivity index (χ3v) is 3.61. The van der Waals surface area contributed by atoms with E-state index in [0.717, 1.165) is 41.6 Å². The van der Waals surface area contributed by atoms with Crippen molar-refractivity contribution in [2.75, 3.05) is 13.1 Å². The number of aliphatic imine (C=N–C) groups is 1. The lowest BCUT2D eigenvalue weighted by atomic mass is 10.1. The van der Waals surface area contributed by atoms with Gasteiger partial charge < -0.3 is 15.2 Å². The predicted octanol–water partition coefficient (Wildman–Crippen LogP) is 2.87. The summed E-state index contributed by atoms with van der Waals surface area (Å²) in [6.45, 7) is 7.07. The van der Waals surface area contributed by atoms with E-state index < -0.39 is 11.6 Å². The Balaban J connectivity index is 1.97. The number of hydrogen-bond acceptors (Lipinski definition) is 3. The Kier molecular flexibility index (Phi) is 6.28. The minimum absolute atomic E-state index is 0.0598. The molecule has 0 aliphatic rings. The summed E-state index contributed by atoms with van der Waals surface area (Å²) >= 11 is 0. The highest BCUT2D eigenvalue weighted by Crippen LogP contribution is 2.12. The number of benzene rings is 1. The SMILES string of the molecule is CCNC(=NCc1cc(F)ccc1F)NCCc1c(C)noc1C. The molecule has 0 fully saturated rings. The zero-order valence-electron chi connectivity index (χ0n) is 14.1. The summed E-state index contributed by atoms with van der Waals surface area (Å²) in [7, 11) is 0. The van der Waals surface area contributed by atoms with E-state index in [-0.39, 0.29) is 12.1 Å². The number of nitrogens with one attached hydrogen (secondary N) is 2. The fraction of sp³-hybridized carbons (Fsp3) is 0.412. The van der Waals surface area contributed by atoms with Crippen molar-refractivity contribution in [3.05, 3.63) is 52.4 Å². The maximum atomic E-state index is 13.6. The standard InChI is InChI=1S/C17H22F2N4O/c1-4-20-17(21-8-7-15-11(2)23-24-12(15)3)22-10-13-9-14(18)5-6-16(13)19/h5-6,9H,4,7-8,10H2,1-3H3,(H2,20,21,22). The van der Waals surface area contributed by atoms with Crippen LogP contribution in [0.25, 0.3) is 0 Å². The quantitative estimate of drug-likeness (QED) is 0.629. The Morgan fingerprint density at radius 2 is 2.04 bits per heavy atom. The van der Waals surface area contributed by atoms with E-state index in [1.807, 2.05) is 20.8 Å². The zero-order valence-corrected chi connectivity index (χ0v) is 14.1. The molecule has 0 bridgehead atoms. The topological polar surface area (TPSA) is 62.5 Å². The van der Waals surface area contributed by atoms with Gasteiger partial charge in [0.15, 0.2) is 5.96 Å². The molecule has 1 aromatic carbocycles. The van der Waals surface area contributed by atoms with Crippen molar-refractivity contribution in [1.82, 2.24) is 15.8 Å². The van der Waals surface area contributed by atoms with Gasteiger partial charge >= 0.3 is 0 Å². The van der Waals surface area contributed by atoms with Crippen molar-refractivity contribution in [3.63, 3.8) is 0 Å². The number of aromatic nitrogens is 1. The Bertz CT molecular complexity index is 693. The molecule has 7 heteroatoms. The molecule has 0 saturated heterocycles. The minimum Gasteiger partial charge on any atom is -0.361 e. The van der Waals surface area contributed by atoms with Gasteiger partial charge in [-0.3, -0.25) is 0 Å². The molecule has 2 rings (SSSR count). The molecule has 1 aromatic heterocycles. The molecule has 5 nitrogen and oxygen atoms in total. The van der Waals surface area contributed by atoms with Crippen molar-refractivity contribution >= 4 is 5.96 Å². The van der Waals surface area contributed by atoms with E-state index in [1.165, 1.54) is 0 Å². The molecule has 0 saturated carbocycles. The van der Waals surface area contributed by atoms with Crippen molar-refractivity contribution in [1.29, 1.82) is 0 Å². The monoisotopic (exact) mass is 336 g/mol. The molecule has 2 N–H and O–H groups in total. The van der Waals surface area contributed by atoms with Gasteiger partial charge in [0.05, 0.1) is 12.2 Å². The third kappa shape index (κ3) is 4.78. The first-order valence-corrected chi connectivity index (χ1v) is 7.89. The van der Waals surface area contributed by atoms with Crippen LogP contribution in [0.1, 0.15) is 29.5 Å². The molecule has 0 radical (unpaired) electrons. The summed E-state index contributed by atoms with van der Waals surface area (Å²) < 4.78 is 32.0. The molecule has 0 spiro atoms. The molecular weight excluding hydrogens is 314 g/mol. The Labute approximate surface area is 140 Å². The smallest absolute Gasteiger partial charge is 0.191 e. The lowest BCUT2D eigenvalue weighted by molar-refractivity contribution is 0.392. The van der Waals surface area contributed by atoms with Crippen LogP contribution in [0, 0.1) is 25.5 Å². The van der Waals surface area contributed by atoms with Crippen LogP contribution in [-0.4, -0.2) is 24.2 Å². The summed E-state index contributed by atoms with van der Waals surface area (Å²) in [6, 6.07) is 3.36. The highest BCUT2D eigenvalue weighted by atomic mass is 19.1. The summed E-state index contributed by atoms with van der Waals surface area (Å²) in [6.07, 6.45) is 0.736. The Morgan fingerprint density at radius 1 is 1.25 bits per heavy atom. The van der Waals surface area contributed by atoms with Crippen LogP contribution in [0.4, 0.5) is 8.78 Å². The number of guanidine groups is 1. The average Bonchev–Trinajstić information content (AvgIpc) is 2.87.